The van der Waals surface area contributed by atoms with Crippen LogP contribution in [-0.4, -0.2) is 41.2 Å². The van der Waals surface area contributed by atoms with Crippen molar-refractivity contribution in [2.24, 2.45) is 0 Å². The molecular formula is C13H18ClNO3. The molecule has 0 unspecified atom stereocenters. The first-order valence-corrected chi connectivity index (χ1v) is 6.29. The Balaban J connectivity index is 2.60. The molecule has 4 nitrogen and oxygen atoms in total. The molecule has 0 fully saturated rings. The average molecular weight is 272 g/mol. The maximum atomic E-state index is 12.0. The third-order valence-corrected chi connectivity index (χ3v) is 2.92. The van der Waals surface area contributed by atoms with Gasteiger partial charge in [-0.1, -0.05) is 11.6 Å². The number of carbonyl (C=O) groups excluding carboxylic acids is 1. The number of rotatable bonds is 6. The number of phenolic OH excluding ortho intramolecular Hbond substituents is 1. The molecule has 0 radical (unpaired) electrons. The summed E-state index contributed by atoms with van der Waals surface area (Å²) < 4.78 is 0. The Bertz CT molecular complexity index is 409. The standard InChI is InChI=1S/C13H18ClNO3/c1-15(7-3-2-4-8-16)13(18)11-9-10(14)5-6-12(11)17/h5-6,9,16-17H,2-4,7-8H2,1H3. The predicted molar refractivity (Wildman–Crippen MR) is 71.0 cm³/mol. The lowest BCUT2D eigenvalue weighted by Gasteiger charge is -2.17. The Morgan fingerprint density at radius 1 is 1.33 bits per heavy atom. The lowest BCUT2D eigenvalue weighted by atomic mass is 10.1. The van der Waals surface area contributed by atoms with E-state index in [1.54, 1.807) is 11.9 Å². The van der Waals surface area contributed by atoms with Crippen LogP contribution >= 0.6 is 11.6 Å². The van der Waals surface area contributed by atoms with Gasteiger partial charge in [0.2, 0.25) is 0 Å². The van der Waals surface area contributed by atoms with Crippen molar-refractivity contribution in [1.29, 1.82) is 0 Å². The van der Waals surface area contributed by atoms with Crippen LogP contribution in [0.3, 0.4) is 0 Å². The minimum absolute atomic E-state index is 0.0633. The molecule has 0 aliphatic heterocycles. The molecule has 5 heteroatoms. The fourth-order valence-corrected chi connectivity index (χ4v) is 1.80. The number of carbonyl (C=O) groups is 1. The predicted octanol–water partition coefficient (Wildman–Crippen LogP) is 2.28. The van der Waals surface area contributed by atoms with Gasteiger partial charge in [-0.25, -0.2) is 0 Å². The van der Waals surface area contributed by atoms with Gasteiger partial charge >= 0.3 is 0 Å². The van der Waals surface area contributed by atoms with Crippen molar-refractivity contribution in [3.05, 3.63) is 28.8 Å². The van der Waals surface area contributed by atoms with Gasteiger partial charge in [-0.2, -0.15) is 0 Å². The highest BCUT2D eigenvalue weighted by Crippen LogP contribution is 2.22. The van der Waals surface area contributed by atoms with Crippen LogP contribution in [0, 0.1) is 0 Å². The van der Waals surface area contributed by atoms with E-state index in [0.717, 1.165) is 19.3 Å². The lowest BCUT2D eigenvalue weighted by molar-refractivity contribution is 0.0789. The first-order chi connectivity index (χ1) is 8.56. The molecule has 0 spiro atoms. The van der Waals surface area contributed by atoms with Gasteiger partial charge in [0.15, 0.2) is 0 Å². The molecule has 0 saturated carbocycles. The van der Waals surface area contributed by atoms with Crippen molar-refractivity contribution in [1.82, 2.24) is 4.90 Å². The van der Waals surface area contributed by atoms with Crippen LogP contribution in [0.2, 0.25) is 5.02 Å². The monoisotopic (exact) mass is 271 g/mol. The number of phenols is 1. The number of aromatic hydroxyl groups is 1. The van der Waals surface area contributed by atoms with E-state index >= 15 is 0 Å². The van der Waals surface area contributed by atoms with E-state index in [2.05, 4.69) is 0 Å². The van der Waals surface area contributed by atoms with Gasteiger partial charge in [-0.15, -0.1) is 0 Å². The lowest BCUT2D eigenvalue weighted by Crippen LogP contribution is -2.27. The van der Waals surface area contributed by atoms with Crippen LogP contribution < -0.4 is 0 Å². The van der Waals surface area contributed by atoms with E-state index in [1.165, 1.54) is 18.2 Å². The van der Waals surface area contributed by atoms with E-state index in [4.69, 9.17) is 16.7 Å². The molecular weight excluding hydrogens is 254 g/mol. The number of aliphatic hydroxyl groups excluding tert-OH is 1. The van der Waals surface area contributed by atoms with Gasteiger partial charge in [0.05, 0.1) is 5.56 Å². The van der Waals surface area contributed by atoms with E-state index in [1.807, 2.05) is 0 Å². The highest BCUT2D eigenvalue weighted by Gasteiger charge is 2.15. The molecule has 2 N–H and O–H groups in total. The molecule has 1 aromatic carbocycles. The SMILES string of the molecule is CN(CCCCCO)C(=O)c1cc(Cl)ccc1O. The van der Waals surface area contributed by atoms with Crippen molar-refractivity contribution in [3.8, 4) is 5.75 Å². The van der Waals surface area contributed by atoms with Crippen molar-refractivity contribution < 1.29 is 15.0 Å². The van der Waals surface area contributed by atoms with Crippen molar-refractivity contribution in [3.63, 3.8) is 0 Å². The Labute approximate surface area is 112 Å². The number of nitrogens with zero attached hydrogens (tertiary/aromatic N) is 1. The number of unbranched alkanes of at least 4 members (excludes halogenated alkanes) is 2. The molecule has 0 aromatic heterocycles. The van der Waals surface area contributed by atoms with E-state index in [9.17, 15) is 9.90 Å². The highest BCUT2D eigenvalue weighted by atomic mass is 35.5. The first kappa shape index (κ1) is 14.8. The second-order valence-corrected chi connectivity index (χ2v) is 4.61. The summed E-state index contributed by atoms with van der Waals surface area (Å²) in [6.07, 6.45) is 2.43. The third kappa shape index (κ3) is 4.20. The summed E-state index contributed by atoms with van der Waals surface area (Å²) in [6.45, 7) is 0.761. The molecule has 1 rings (SSSR count). The zero-order valence-electron chi connectivity index (χ0n) is 10.4. The number of hydrogen-bond acceptors (Lipinski definition) is 3. The summed E-state index contributed by atoms with van der Waals surface area (Å²) >= 11 is 5.80. The molecule has 100 valence electrons. The van der Waals surface area contributed by atoms with Gasteiger partial charge in [0.1, 0.15) is 5.75 Å². The number of amides is 1. The van der Waals surface area contributed by atoms with Crippen LogP contribution in [0.5, 0.6) is 5.75 Å². The second-order valence-electron chi connectivity index (χ2n) is 4.17. The Hall–Kier alpha value is -1.26. The number of benzene rings is 1. The quantitative estimate of drug-likeness (QED) is 0.781. The van der Waals surface area contributed by atoms with Gasteiger partial charge in [-0.05, 0) is 37.5 Å². The topological polar surface area (TPSA) is 60.8 Å². The van der Waals surface area contributed by atoms with E-state index < -0.39 is 0 Å². The van der Waals surface area contributed by atoms with Crippen molar-refractivity contribution in [2.75, 3.05) is 20.2 Å². The Kier molecular flexibility index (Phi) is 5.95. The summed E-state index contributed by atoms with van der Waals surface area (Å²) in [5.74, 6) is -0.314. The molecule has 0 heterocycles. The maximum absolute atomic E-state index is 12.0. The molecule has 0 saturated heterocycles. The van der Waals surface area contributed by atoms with Crippen molar-refractivity contribution in [2.45, 2.75) is 19.3 Å². The van der Waals surface area contributed by atoms with E-state index in [-0.39, 0.29) is 23.8 Å². The molecule has 1 aromatic rings. The van der Waals surface area contributed by atoms with Crippen LogP contribution in [0.1, 0.15) is 29.6 Å². The minimum atomic E-state index is -0.251. The molecule has 0 aliphatic carbocycles. The molecule has 18 heavy (non-hydrogen) atoms. The number of aliphatic hydroxyl groups is 1. The number of halogens is 1. The first-order valence-electron chi connectivity index (χ1n) is 5.91. The number of hydrogen-bond donors (Lipinski definition) is 2. The largest absolute Gasteiger partial charge is 0.507 e. The molecule has 1 amide bonds. The summed E-state index contributed by atoms with van der Waals surface area (Å²) in [5.41, 5.74) is 0.215. The summed E-state index contributed by atoms with van der Waals surface area (Å²) in [4.78, 5) is 13.6. The van der Waals surface area contributed by atoms with Gasteiger partial charge in [0, 0.05) is 25.2 Å². The summed E-state index contributed by atoms with van der Waals surface area (Å²) in [6, 6.07) is 4.41. The summed E-state index contributed by atoms with van der Waals surface area (Å²) in [7, 11) is 1.68. The van der Waals surface area contributed by atoms with Crippen LogP contribution in [0.15, 0.2) is 18.2 Å². The third-order valence-electron chi connectivity index (χ3n) is 2.69. The zero-order valence-corrected chi connectivity index (χ0v) is 11.2. The van der Waals surface area contributed by atoms with Crippen LogP contribution in [0.4, 0.5) is 0 Å². The highest BCUT2D eigenvalue weighted by molar-refractivity contribution is 6.31. The van der Waals surface area contributed by atoms with Crippen LogP contribution in [0.25, 0.3) is 0 Å². The maximum Gasteiger partial charge on any atom is 0.257 e. The van der Waals surface area contributed by atoms with Crippen LogP contribution in [-0.2, 0) is 0 Å². The fraction of sp³-hybridized carbons (Fsp3) is 0.462. The van der Waals surface area contributed by atoms with E-state index in [0.29, 0.717) is 11.6 Å². The Morgan fingerprint density at radius 3 is 2.72 bits per heavy atom. The summed E-state index contributed by atoms with van der Waals surface area (Å²) in [5, 5.41) is 18.7. The normalized spacial score (nSPS) is 10.4. The van der Waals surface area contributed by atoms with Gasteiger partial charge in [0.25, 0.3) is 5.91 Å². The average Bonchev–Trinajstić information content (AvgIpc) is 2.36. The smallest absolute Gasteiger partial charge is 0.257 e. The van der Waals surface area contributed by atoms with Gasteiger partial charge < -0.3 is 15.1 Å². The molecule has 0 aliphatic rings. The molecule has 0 atom stereocenters. The minimum Gasteiger partial charge on any atom is -0.507 e. The zero-order chi connectivity index (χ0) is 13.5. The second kappa shape index (κ2) is 7.24. The van der Waals surface area contributed by atoms with Gasteiger partial charge in [-0.3, -0.25) is 4.79 Å². The Morgan fingerprint density at radius 2 is 2.06 bits per heavy atom. The van der Waals surface area contributed by atoms with Crippen molar-refractivity contribution >= 4 is 17.5 Å². The fourth-order valence-electron chi connectivity index (χ4n) is 1.62. The molecule has 0 bridgehead atoms.